The first-order valence-corrected chi connectivity index (χ1v) is 6.81. The van der Waals surface area contributed by atoms with E-state index >= 15 is 0 Å². The van der Waals surface area contributed by atoms with E-state index in [0.717, 1.165) is 31.7 Å². The molecule has 0 bridgehead atoms. The number of likely N-dealkylation sites (tertiary alicyclic amines) is 1. The average molecular weight is 269 g/mol. The zero-order chi connectivity index (χ0) is 13.5. The number of hydrogen-bond acceptors (Lipinski definition) is 5. The van der Waals surface area contributed by atoms with Crippen molar-refractivity contribution >= 4 is 0 Å². The highest BCUT2D eigenvalue weighted by molar-refractivity contribution is 4.96. The van der Waals surface area contributed by atoms with Gasteiger partial charge in [0.25, 0.3) is 0 Å². The van der Waals surface area contributed by atoms with Gasteiger partial charge in [-0.1, -0.05) is 0 Å². The Morgan fingerprint density at radius 2 is 2.26 bits per heavy atom. The molecule has 2 rings (SSSR count). The van der Waals surface area contributed by atoms with Crippen LogP contribution in [0.1, 0.15) is 18.6 Å². The second-order valence-electron chi connectivity index (χ2n) is 4.98. The highest BCUT2D eigenvalue weighted by atomic mass is 16.5. The number of methoxy groups -OCH3 is 1. The van der Waals surface area contributed by atoms with Crippen molar-refractivity contribution in [1.82, 2.24) is 4.90 Å². The van der Waals surface area contributed by atoms with Crippen LogP contribution in [0.25, 0.3) is 0 Å². The van der Waals surface area contributed by atoms with E-state index in [2.05, 4.69) is 4.90 Å². The maximum absolute atomic E-state index is 9.92. The van der Waals surface area contributed by atoms with Crippen LogP contribution in [0.4, 0.5) is 0 Å². The van der Waals surface area contributed by atoms with Crippen LogP contribution in [0, 0.1) is 0 Å². The van der Waals surface area contributed by atoms with Crippen LogP contribution < -0.4 is 0 Å². The molecule has 0 saturated carbocycles. The first-order chi connectivity index (χ1) is 9.28. The molecule has 1 unspecified atom stereocenters. The second kappa shape index (κ2) is 7.65. The maximum Gasteiger partial charge on any atom is 0.129 e. The monoisotopic (exact) mass is 269 g/mol. The Morgan fingerprint density at radius 1 is 1.47 bits per heavy atom. The molecule has 5 heteroatoms. The van der Waals surface area contributed by atoms with Crippen LogP contribution >= 0.6 is 0 Å². The van der Waals surface area contributed by atoms with Crippen molar-refractivity contribution in [2.75, 3.05) is 33.4 Å². The molecule has 1 atom stereocenters. The number of hydrogen-bond donors (Lipinski definition) is 1. The number of rotatable bonds is 7. The lowest BCUT2D eigenvalue weighted by molar-refractivity contribution is -0.0118. The van der Waals surface area contributed by atoms with E-state index in [-0.39, 0.29) is 0 Å². The molecule has 1 aliphatic rings. The fourth-order valence-corrected chi connectivity index (χ4v) is 2.37. The Bertz CT molecular complexity index is 333. The predicted octanol–water partition coefficient (Wildman–Crippen LogP) is 1.27. The Labute approximate surface area is 114 Å². The number of aliphatic hydroxyl groups is 1. The van der Waals surface area contributed by atoms with Crippen molar-refractivity contribution in [3.8, 4) is 0 Å². The van der Waals surface area contributed by atoms with Crippen LogP contribution in [0.3, 0.4) is 0 Å². The predicted molar refractivity (Wildman–Crippen MR) is 70.8 cm³/mol. The number of nitrogens with zero attached hydrogens (tertiary/aromatic N) is 1. The van der Waals surface area contributed by atoms with E-state index in [4.69, 9.17) is 13.9 Å². The lowest BCUT2D eigenvalue weighted by atomic mass is 10.1. The van der Waals surface area contributed by atoms with Gasteiger partial charge < -0.3 is 23.9 Å². The summed E-state index contributed by atoms with van der Waals surface area (Å²) in [7, 11) is 1.76. The maximum atomic E-state index is 9.92. The van der Waals surface area contributed by atoms with Gasteiger partial charge in [-0.2, -0.15) is 0 Å². The summed E-state index contributed by atoms with van der Waals surface area (Å²) in [4.78, 5) is 2.26. The first-order valence-electron chi connectivity index (χ1n) is 6.81. The van der Waals surface area contributed by atoms with Crippen LogP contribution in [-0.4, -0.2) is 55.6 Å². The van der Waals surface area contributed by atoms with E-state index in [1.54, 1.807) is 13.4 Å². The highest BCUT2D eigenvalue weighted by Gasteiger charge is 2.20. The van der Waals surface area contributed by atoms with E-state index < -0.39 is 6.10 Å². The van der Waals surface area contributed by atoms with Crippen molar-refractivity contribution in [3.05, 3.63) is 24.2 Å². The average Bonchev–Trinajstić information content (AvgIpc) is 2.93. The number of piperidine rings is 1. The van der Waals surface area contributed by atoms with Gasteiger partial charge in [0.1, 0.15) is 12.4 Å². The molecule has 1 N–H and O–H groups in total. The van der Waals surface area contributed by atoms with Gasteiger partial charge in [0, 0.05) is 26.7 Å². The summed E-state index contributed by atoms with van der Waals surface area (Å²) in [6.07, 6.45) is 3.62. The van der Waals surface area contributed by atoms with Crippen molar-refractivity contribution in [3.63, 3.8) is 0 Å². The summed E-state index contributed by atoms with van der Waals surface area (Å²) >= 11 is 0. The largest absolute Gasteiger partial charge is 0.467 e. The van der Waals surface area contributed by atoms with Crippen molar-refractivity contribution in [1.29, 1.82) is 0 Å². The molecule has 1 saturated heterocycles. The van der Waals surface area contributed by atoms with Crippen LogP contribution in [0.15, 0.2) is 22.8 Å². The van der Waals surface area contributed by atoms with Crippen molar-refractivity contribution in [2.45, 2.75) is 31.7 Å². The van der Waals surface area contributed by atoms with Gasteiger partial charge in [0.15, 0.2) is 0 Å². The molecular weight excluding hydrogens is 246 g/mol. The summed E-state index contributed by atoms with van der Waals surface area (Å²) in [5.41, 5.74) is 0. The first kappa shape index (κ1) is 14.5. The van der Waals surface area contributed by atoms with Gasteiger partial charge >= 0.3 is 0 Å². The van der Waals surface area contributed by atoms with Crippen molar-refractivity contribution < 1.29 is 19.0 Å². The molecule has 19 heavy (non-hydrogen) atoms. The molecule has 1 fully saturated rings. The third kappa shape index (κ3) is 4.95. The lowest BCUT2D eigenvalue weighted by Gasteiger charge is -2.32. The molecule has 0 radical (unpaired) electrons. The van der Waals surface area contributed by atoms with Gasteiger partial charge in [-0.05, 0) is 25.0 Å². The Kier molecular flexibility index (Phi) is 5.85. The minimum atomic E-state index is -0.450. The molecule has 0 spiro atoms. The van der Waals surface area contributed by atoms with Crippen molar-refractivity contribution in [2.24, 2.45) is 0 Å². The topological polar surface area (TPSA) is 55.1 Å². The van der Waals surface area contributed by atoms with Gasteiger partial charge in [-0.25, -0.2) is 0 Å². The summed E-state index contributed by atoms with van der Waals surface area (Å²) in [5, 5.41) is 9.92. The fraction of sp³-hybridized carbons (Fsp3) is 0.714. The van der Waals surface area contributed by atoms with E-state index in [1.807, 2.05) is 12.1 Å². The molecule has 5 nitrogen and oxygen atoms in total. The minimum Gasteiger partial charge on any atom is -0.467 e. The quantitative estimate of drug-likeness (QED) is 0.808. The highest BCUT2D eigenvalue weighted by Crippen LogP contribution is 2.13. The smallest absolute Gasteiger partial charge is 0.129 e. The SMILES string of the molecule is COC1CCN(CC(O)COCc2ccco2)CC1. The minimum absolute atomic E-state index is 0.338. The number of aliphatic hydroxyl groups excluding tert-OH is 1. The molecule has 0 aromatic carbocycles. The molecule has 2 heterocycles. The number of furan rings is 1. The summed E-state index contributed by atoms with van der Waals surface area (Å²) in [6, 6.07) is 3.69. The summed E-state index contributed by atoms with van der Waals surface area (Å²) < 4.78 is 15.9. The normalized spacial score (nSPS) is 19.7. The zero-order valence-corrected chi connectivity index (χ0v) is 11.5. The lowest BCUT2D eigenvalue weighted by Crippen LogP contribution is -2.41. The molecule has 1 aromatic heterocycles. The molecule has 0 amide bonds. The molecule has 108 valence electrons. The third-order valence-corrected chi connectivity index (χ3v) is 3.47. The molecule has 1 aromatic rings. The zero-order valence-electron chi connectivity index (χ0n) is 11.5. The van der Waals surface area contributed by atoms with Crippen LogP contribution in [0.2, 0.25) is 0 Å². The van der Waals surface area contributed by atoms with Gasteiger partial charge in [0.2, 0.25) is 0 Å². The van der Waals surface area contributed by atoms with Crippen LogP contribution in [-0.2, 0) is 16.1 Å². The van der Waals surface area contributed by atoms with Crippen LogP contribution in [0.5, 0.6) is 0 Å². The molecule has 1 aliphatic heterocycles. The number of β-amino-alcohol motifs (C(OH)–C–C–N with tert-alkyl or cyclic N) is 1. The fourth-order valence-electron chi connectivity index (χ4n) is 2.37. The summed E-state index contributed by atoms with van der Waals surface area (Å²) in [6.45, 7) is 3.37. The van der Waals surface area contributed by atoms with E-state index in [9.17, 15) is 5.11 Å². The standard InChI is InChI=1S/C14H23NO4/c1-17-13-4-6-15(7-5-13)9-12(16)10-18-11-14-3-2-8-19-14/h2-3,8,12-13,16H,4-7,9-11H2,1H3. The molecular formula is C14H23NO4. The van der Waals surface area contributed by atoms with E-state index in [0.29, 0.717) is 25.9 Å². The van der Waals surface area contributed by atoms with E-state index in [1.165, 1.54) is 0 Å². The van der Waals surface area contributed by atoms with Gasteiger partial charge in [0.05, 0.1) is 25.1 Å². The summed E-state index contributed by atoms with van der Waals surface area (Å²) in [5.74, 6) is 0.785. The molecule has 0 aliphatic carbocycles. The number of ether oxygens (including phenoxy) is 2. The van der Waals surface area contributed by atoms with Gasteiger partial charge in [-0.15, -0.1) is 0 Å². The Balaban J connectivity index is 1.58. The Morgan fingerprint density at radius 3 is 2.89 bits per heavy atom. The Hall–Kier alpha value is -0.880. The second-order valence-corrected chi connectivity index (χ2v) is 4.98. The van der Waals surface area contributed by atoms with Gasteiger partial charge in [-0.3, -0.25) is 0 Å². The third-order valence-electron chi connectivity index (χ3n) is 3.47.